The molecule has 0 amide bonds. The Labute approximate surface area is 179 Å². The van der Waals surface area contributed by atoms with E-state index >= 15 is 0 Å². The number of H-pyrrole nitrogens is 1. The molecule has 2 heterocycles. The Balaban J connectivity index is 1.72. The van der Waals surface area contributed by atoms with Crippen molar-refractivity contribution in [1.29, 1.82) is 0 Å². The average Bonchev–Trinajstić information content (AvgIpc) is 3.10. The third-order valence-corrected chi connectivity index (χ3v) is 6.05. The van der Waals surface area contributed by atoms with Gasteiger partial charge in [-0.25, -0.2) is 4.98 Å². The number of aromatic nitrogens is 2. The van der Waals surface area contributed by atoms with E-state index in [2.05, 4.69) is 18.8 Å². The molecule has 1 aliphatic heterocycles. The number of hydrogen-bond acceptors (Lipinski definition) is 4. The first-order chi connectivity index (χ1) is 14.3. The van der Waals surface area contributed by atoms with Crippen LogP contribution in [-0.2, 0) is 9.53 Å². The van der Waals surface area contributed by atoms with E-state index in [-0.39, 0.29) is 23.0 Å². The number of imidazole rings is 1. The smallest absolute Gasteiger partial charge is 0.198 e. The highest BCUT2D eigenvalue weighted by Crippen LogP contribution is 2.50. The molecule has 6 heteroatoms. The van der Waals surface area contributed by atoms with E-state index < -0.39 is 0 Å². The van der Waals surface area contributed by atoms with Gasteiger partial charge in [0.05, 0.1) is 16.6 Å². The fourth-order valence-corrected chi connectivity index (χ4v) is 4.61. The summed E-state index contributed by atoms with van der Waals surface area (Å²) in [6.07, 6.45) is 1.12. The zero-order valence-corrected chi connectivity index (χ0v) is 17.6. The molecule has 0 fully saturated rings. The van der Waals surface area contributed by atoms with Crippen molar-refractivity contribution in [3.05, 3.63) is 82.2 Å². The van der Waals surface area contributed by atoms with Crippen LogP contribution in [0.15, 0.2) is 65.7 Å². The first-order valence-electron chi connectivity index (χ1n) is 9.97. The molecule has 0 saturated heterocycles. The van der Waals surface area contributed by atoms with Crippen molar-refractivity contribution in [1.82, 2.24) is 9.97 Å². The molecule has 0 radical (unpaired) electrons. The Morgan fingerprint density at radius 3 is 2.57 bits per heavy atom. The maximum Gasteiger partial charge on any atom is 0.198 e. The summed E-state index contributed by atoms with van der Waals surface area (Å²) in [7, 11) is 0. The molecule has 0 bridgehead atoms. The molecule has 152 valence electrons. The molecule has 1 unspecified atom stereocenters. The Morgan fingerprint density at radius 2 is 1.83 bits per heavy atom. The van der Waals surface area contributed by atoms with Crippen molar-refractivity contribution in [3.63, 3.8) is 0 Å². The fraction of sp³-hybridized carbons (Fsp3) is 0.250. The molecule has 2 aromatic carbocycles. The van der Waals surface area contributed by atoms with Gasteiger partial charge >= 0.3 is 0 Å². The van der Waals surface area contributed by atoms with Crippen molar-refractivity contribution in [2.75, 3.05) is 0 Å². The van der Waals surface area contributed by atoms with Crippen LogP contribution in [0, 0.1) is 5.41 Å². The van der Waals surface area contributed by atoms with Crippen molar-refractivity contribution in [3.8, 4) is 0 Å². The molecular weight excluding hydrogens is 398 g/mol. The molecule has 0 saturated carbocycles. The number of nitrogens with one attached hydrogen (secondary N) is 1. The van der Waals surface area contributed by atoms with E-state index in [9.17, 15) is 4.79 Å². The van der Waals surface area contributed by atoms with E-state index in [1.807, 2.05) is 48.5 Å². The number of hydrogen-bond donors (Lipinski definition) is 2. The molecule has 1 aliphatic carbocycles. The van der Waals surface area contributed by atoms with Gasteiger partial charge in [-0.05, 0) is 35.2 Å². The molecule has 30 heavy (non-hydrogen) atoms. The summed E-state index contributed by atoms with van der Waals surface area (Å²) >= 11 is 6.13. The van der Waals surface area contributed by atoms with Crippen molar-refractivity contribution >= 4 is 34.0 Å². The summed E-state index contributed by atoms with van der Waals surface area (Å²) in [5.74, 6) is 1.27. The van der Waals surface area contributed by atoms with Gasteiger partial charge < -0.3 is 15.5 Å². The summed E-state index contributed by atoms with van der Waals surface area (Å²) < 4.78 is 6.06. The minimum Gasteiger partial charge on any atom is -0.445 e. The largest absolute Gasteiger partial charge is 0.445 e. The van der Waals surface area contributed by atoms with Gasteiger partial charge in [0.15, 0.2) is 11.7 Å². The molecule has 3 aromatic rings. The van der Waals surface area contributed by atoms with E-state index in [1.165, 1.54) is 0 Å². The van der Waals surface area contributed by atoms with E-state index in [4.69, 9.17) is 27.1 Å². The summed E-state index contributed by atoms with van der Waals surface area (Å²) in [6.45, 7) is 4.15. The lowest BCUT2D eigenvalue weighted by Crippen LogP contribution is -2.33. The third-order valence-electron chi connectivity index (χ3n) is 5.80. The number of nitrogens with zero attached hydrogens (tertiary/aromatic N) is 1. The van der Waals surface area contributed by atoms with Crippen LogP contribution < -0.4 is 5.73 Å². The maximum atomic E-state index is 13.3. The molecule has 0 spiro atoms. The van der Waals surface area contributed by atoms with Gasteiger partial charge in [0.2, 0.25) is 0 Å². The first kappa shape index (κ1) is 18.9. The van der Waals surface area contributed by atoms with E-state index in [0.29, 0.717) is 40.6 Å². The predicted octanol–water partition coefficient (Wildman–Crippen LogP) is 5.30. The van der Waals surface area contributed by atoms with Crippen LogP contribution in [0.25, 0.3) is 16.6 Å². The summed E-state index contributed by atoms with van der Waals surface area (Å²) in [6, 6.07) is 15.3. The molecule has 3 N–H and O–H groups in total. The molecule has 2 aliphatic rings. The molecule has 1 atom stereocenters. The number of fused-ring (bicyclic) bond motifs is 1. The Bertz CT molecular complexity index is 1200. The predicted molar refractivity (Wildman–Crippen MR) is 118 cm³/mol. The second-order valence-corrected chi connectivity index (χ2v) is 9.18. The Kier molecular flexibility index (Phi) is 4.26. The zero-order chi connectivity index (χ0) is 21.0. The minimum atomic E-state index is -0.366. The maximum absolute atomic E-state index is 13.3. The van der Waals surface area contributed by atoms with Gasteiger partial charge in [0, 0.05) is 29.4 Å². The van der Waals surface area contributed by atoms with Crippen LogP contribution in [0.1, 0.15) is 44.0 Å². The highest BCUT2D eigenvalue weighted by Gasteiger charge is 2.43. The van der Waals surface area contributed by atoms with Gasteiger partial charge in [-0.2, -0.15) is 0 Å². The van der Waals surface area contributed by atoms with Crippen LogP contribution in [0.4, 0.5) is 0 Å². The van der Waals surface area contributed by atoms with Crippen LogP contribution >= 0.6 is 11.6 Å². The quantitative estimate of drug-likeness (QED) is 0.590. The number of carbonyl (C=O) groups excluding carboxylic acids is 1. The molecule has 5 rings (SSSR count). The monoisotopic (exact) mass is 419 g/mol. The Morgan fingerprint density at radius 1 is 1.10 bits per heavy atom. The number of rotatable bonds is 2. The van der Waals surface area contributed by atoms with Gasteiger partial charge in [-0.15, -0.1) is 0 Å². The van der Waals surface area contributed by atoms with E-state index in [0.717, 1.165) is 16.6 Å². The van der Waals surface area contributed by atoms with E-state index in [1.54, 1.807) is 0 Å². The van der Waals surface area contributed by atoms with Gasteiger partial charge in [-0.1, -0.05) is 49.7 Å². The zero-order valence-electron chi connectivity index (χ0n) is 16.8. The normalized spacial score (nSPS) is 21.0. The number of carbonyl (C=O) groups is 1. The number of aromatic amines is 1. The van der Waals surface area contributed by atoms with Crippen LogP contribution in [0.5, 0.6) is 0 Å². The number of ketones is 1. The lowest BCUT2D eigenvalue weighted by molar-refractivity contribution is -0.118. The summed E-state index contributed by atoms with van der Waals surface area (Å²) in [4.78, 5) is 21.4. The Hall–Kier alpha value is -3.05. The topological polar surface area (TPSA) is 81.0 Å². The number of nitrogens with two attached hydrogens (primary N) is 1. The van der Waals surface area contributed by atoms with Crippen LogP contribution in [0.3, 0.4) is 0 Å². The van der Waals surface area contributed by atoms with Gasteiger partial charge in [0.1, 0.15) is 11.6 Å². The average molecular weight is 420 g/mol. The van der Waals surface area contributed by atoms with Gasteiger partial charge in [0.25, 0.3) is 0 Å². The number of benzene rings is 2. The number of allylic oxidation sites excluding steroid dienone is 3. The lowest BCUT2D eigenvalue weighted by atomic mass is 9.70. The van der Waals surface area contributed by atoms with Gasteiger partial charge in [-0.3, -0.25) is 4.79 Å². The standard InChI is InChI=1S/C24H22ClN3O2/c1-24(2)11-17(29)20-18(12-24)30-22(26)21(19(20)13-7-9-14(25)10-8-13)23-27-15-5-3-4-6-16(15)28-23/h3-10,19H,11-12,26H2,1-2H3,(H,27,28). The molecular formula is C24H22ClN3O2. The van der Waals surface area contributed by atoms with Crippen molar-refractivity contribution in [2.24, 2.45) is 11.1 Å². The number of ether oxygens (including phenoxy) is 1. The summed E-state index contributed by atoms with van der Waals surface area (Å²) in [5.41, 5.74) is 10.3. The van der Waals surface area contributed by atoms with Crippen molar-refractivity contribution < 1.29 is 9.53 Å². The fourth-order valence-electron chi connectivity index (χ4n) is 4.49. The third kappa shape index (κ3) is 3.10. The summed E-state index contributed by atoms with van der Waals surface area (Å²) in [5, 5.41) is 0.637. The van der Waals surface area contributed by atoms with Crippen LogP contribution in [-0.4, -0.2) is 15.8 Å². The second-order valence-electron chi connectivity index (χ2n) is 8.74. The molecule has 1 aromatic heterocycles. The van der Waals surface area contributed by atoms with Crippen molar-refractivity contribution in [2.45, 2.75) is 32.6 Å². The second kappa shape index (κ2) is 6.74. The highest BCUT2D eigenvalue weighted by atomic mass is 35.5. The minimum absolute atomic E-state index is 0.0855. The lowest BCUT2D eigenvalue weighted by Gasteiger charge is -2.38. The number of halogens is 1. The molecule has 5 nitrogen and oxygen atoms in total. The number of para-hydroxylation sites is 2. The number of Topliss-reactive ketones (excluding diaryl/α,β-unsaturated/α-hetero) is 1. The van der Waals surface area contributed by atoms with Crippen LogP contribution in [0.2, 0.25) is 5.02 Å². The first-order valence-corrected chi connectivity index (χ1v) is 10.3. The highest BCUT2D eigenvalue weighted by molar-refractivity contribution is 6.30. The SMILES string of the molecule is CC1(C)CC(=O)C2=C(C1)OC(N)=C(c1nc3ccccc3[nH]1)C2c1ccc(Cl)cc1.